The van der Waals surface area contributed by atoms with Crippen LogP contribution in [0.1, 0.15) is 13.8 Å². The maximum Gasteiger partial charge on any atom is 0.325 e. The number of nitrogens with one attached hydrogen (secondary N) is 1. The lowest BCUT2D eigenvalue weighted by Crippen LogP contribution is -2.15. The van der Waals surface area contributed by atoms with E-state index >= 15 is 0 Å². The van der Waals surface area contributed by atoms with Gasteiger partial charge >= 0.3 is 5.69 Å². The fraction of sp³-hybridized carbons (Fsp3) is 0.500. The van der Waals surface area contributed by atoms with Gasteiger partial charge in [0.25, 0.3) is 0 Å². The summed E-state index contributed by atoms with van der Waals surface area (Å²) in [6.45, 7) is 2.89. The molecule has 1 rings (SSSR count). The van der Waals surface area contributed by atoms with Gasteiger partial charge in [-0.2, -0.15) is 5.10 Å². The second-order valence-electron chi connectivity index (χ2n) is 2.94. The summed E-state index contributed by atoms with van der Waals surface area (Å²) in [5.74, 6) is 0. The Bertz CT molecular complexity index is 447. The Morgan fingerprint density at radius 2 is 2.14 bits per heavy atom. The number of aromatic amines is 1. The van der Waals surface area contributed by atoms with E-state index in [1.54, 1.807) is 0 Å². The predicted molar refractivity (Wildman–Crippen MR) is 47.6 cm³/mol. The molecule has 0 fully saturated rings. The normalized spacial score (nSPS) is 11.9. The van der Waals surface area contributed by atoms with E-state index in [1.165, 1.54) is 13.8 Å². The first-order chi connectivity index (χ1) is 6.37. The van der Waals surface area contributed by atoms with Crippen molar-refractivity contribution in [3.8, 4) is 0 Å². The van der Waals surface area contributed by atoms with Crippen LogP contribution in [0.3, 0.4) is 0 Å². The number of nitrogens with zero attached hydrogens (tertiary/aromatic N) is 2. The van der Waals surface area contributed by atoms with Gasteiger partial charge in [0.15, 0.2) is 0 Å². The van der Waals surface area contributed by atoms with Crippen LogP contribution in [0.4, 0.5) is 5.69 Å². The molecule has 1 N–H and O–H groups in total. The zero-order chi connectivity index (χ0) is 10.9. The molecule has 0 aliphatic rings. The molecule has 7 nitrogen and oxygen atoms in total. The average Bonchev–Trinajstić information content (AvgIpc) is 2.51. The molecule has 0 unspecified atom stereocenters. The number of hydrogen-bond acceptors (Lipinski definition) is 5. The van der Waals surface area contributed by atoms with Gasteiger partial charge in [-0.15, -0.1) is 0 Å². The SMILES string of the molecule is CC(C)S(=O)(=O)c1[nH]ncc1[N+](=O)[O-]. The minimum Gasteiger partial charge on any atom is -0.261 e. The first-order valence-corrected chi connectivity index (χ1v) is 5.33. The van der Waals surface area contributed by atoms with Crippen LogP contribution in [0.15, 0.2) is 11.2 Å². The molecule has 78 valence electrons. The molecule has 1 aromatic heterocycles. The van der Waals surface area contributed by atoms with Crippen molar-refractivity contribution in [3.63, 3.8) is 0 Å². The van der Waals surface area contributed by atoms with Crippen LogP contribution in [0.2, 0.25) is 0 Å². The van der Waals surface area contributed by atoms with Crippen LogP contribution < -0.4 is 0 Å². The number of nitro groups is 1. The fourth-order valence-corrected chi connectivity index (χ4v) is 1.91. The Hall–Kier alpha value is -1.44. The molecule has 0 aliphatic heterocycles. The number of H-pyrrole nitrogens is 1. The van der Waals surface area contributed by atoms with Crippen LogP contribution in [-0.4, -0.2) is 28.8 Å². The van der Waals surface area contributed by atoms with Crippen molar-refractivity contribution in [2.45, 2.75) is 24.1 Å². The van der Waals surface area contributed by atoms with Gasteiger partial charge in [0.1, 0.15) is 6.20 Å². The predicted octanol–water partition coefficient (Wildman–Crippen LogP) is 0.500. The van der Waals surface area contributed by atoms with Crippen LogP contribution >= 0.6 is 0 Å². The van der Waals surface area contributed by atoms with Gasteiger partial charge in [-0.1, -0.05) is 0 Å². The zero-order valence-electron chi connectivity index (χ0n) is 7.59. The molecule has 0 radical (unpaired) electrons. The first kappa shape index (κ1) is 10.6. The molecule has 0 saturated carbocycles. The maximum atomic E-state index is 11.5. The molecule has 1 aromatic rings. The number of sulfone groups is 1. The van der Waals surface area contributed by atoms with Crippen molar-refractivity contribution in [1.29, 1.82) is 0 Å². The number of rotatable bonds is 3. The van der Waals surface area contributed by atoms with E-state index in [0.717, 1.165) is 6.20 Å². The Morgan fingerprint density at radius 3 is 2.57 bits per heavy atom. The molecule has 14 heavy (non-hydrogen) atoms. The summed E-state index contributed by atoms with van der Waals surface area (Å²) in [6.07, 6.45) is 0.884. The third-order valence-electron chi connectivity index (χ3n) is 1.69. The second kappa shape index (κ2) is 3.37. The molecule has 0 amide bonds. The largest absolute Gasteiger partial charge is 0.325 e. The quantitative estimate of drug-likeness (QED) is 0.588. The van der Waals surface area contributed by atoms with E-state index in [2.05, 4.69) is 10.2 Å². The van der Waals surface area contributed by atoms with E-state index in [-0.39, 0.29) is 0 Å². The molecular formula is C6H9N3O4S. The summed E-state index contributed by atoms with van der Waals surface area (Å²) >= 11 is 0. The highest BCUT2D eigenvalue weighted by atomic mass is 32.2. The monoisotopic (exact) mass is 219 g/mol. The molecular weight excluding hydrogens is 210 g/mol. The van der Waals surface area contributed by atoms with Gasteiger partial charge in [0.2, 0.25) is 14.9 Å². The van der Waals surface area contributed by atoms with Crippen LogP contribution in [0.5, 0.6) is 0 Å². The van der Waals surface area contributed by atoms with Gasteiger partial charge in [0, 0.05) is 0 Å². The van der Waals surface area contributed by atoms with Crippen molar-refractivity contribution in [2.24, 2.45) is 0 Å². The van der Waals surface area contributed by atoms with Crippen molar-refractivity contribution in [2.75, 3.05) is 0 Å². The van der Waals surface area contributed by atoms with Crippen molar-refractivity contribution in [3.05, 3.63) is 16.3 Å². The zero-order valence-corrected chi connectivity index (χ0v) is 8.41. The number of aromatic nitrogens is 2. The highest BCUT2D eigenvalue weighted by Crippen LogP contribution is 2.23. The fourth-order valence-electron chi connectivity index (χ4n) is 0.843. The lowest BCUT2D eigenvalue weighted by molar-refractivity contribution is -0.387. The van der Waals surface area contributed by atoms with Crippen LogP contribution in [0.25, 0.3) is 0 Å². The average molecular weight is 219 g/mol. The number of hydrogen-bond donors (Lipinski definition) is 1. The van der Waals surface area contributed by atoms with E-state index in [9.17, 15) is 18.5 Å². The van der Waals surface area contributed by atoms with Crippen molar-refractivity contribution < 1.29 is 13.3 Å². The minimum atomic E-state index is -3.67. The Labute approximate surface area is 80.2 Å². The van der Waals surface area contributed by atoms with E-state index in [4.69, 9.17) is 0 Å². The Kier molecular flexibility index (Phi) is 2.56. The summed E-state index contributed by atoms with van der Waals surface area (Å²) in [6, 6.07) is 0. The lowest BCUT2D eigenvalue weighted by Gasteiger charge is -2.03. The minimum absolute atomic E-state index is 0.433. The van der Waals surface area contributed by atoms with Gasteiger partial charge in [-0.3, -0.25) is 15.2 Å². The van der Waals surface area contributed by atoms with Gasteiger partial charge < -0.3 is 0 Å². The van der Waals surface area contributed by atoms with E-state index in [0.29, 0.717) is 0 Å². The summed E-state index contributed by atoms with van der Waals surface area (Å²) in [4.78, 5) is 9.65. The van der Waals surface area contributed by atoms with E-state index in [1.807, 2.05) is 0 Å². The van der Waals surface area contributed by atoms with E-state index < -0.39 is 30.7 Å². The molecule has 8 heteroatoms. The molecule has 0 bridgehead atoms. The van der Waals surface area contributed by atoms with Gasteiger partial charge in [-0.25, -0.2) is 8.42 Å². The molecule has 0 saturated heterocycles. The molecule has 1 heterocycles. The molecule has 0 aliphatic carbocycles. The van der Waals surface area contributed by atoms with Gasteiger partial charge in [-0.05, 0) is 13.8 Å². The first-order valence-electron chi connectivity index (χ1n) is 3.79. The van der Waals surface area contributed by atoms with Gasteiger partial charge in [0.05, 0.1) is 10.2 Å². The molecule has 0 atom stereocenters. The van der Waals surface area contributed by atoms with Crippen LogP contribution in [-0.2, 0) is 9.84 Å². The smallest absolute Gasteiger partial charge is 0.261 e. The van der Waals surface area contributed by atoms with Crippen molar-refractivity contribution >= 4 is 15.5 Å². The molecule has 0 aromatic carbocycles. The van der Waals surface area contributed by atoms with Crippen molar-refractivity contribution in [1.82, 2.24) is 10.2 Å². The molecule has 0 spiro atoms. The summed E-state index contributed by atoms with van der Waals surface area (Å²) < 4.78 is 23.1. The standard InChI is InChI=1S/C6H9N3O4S/c1-4(2)14(12,13)6-5(9(10)11)3-7-8-6/h3-4H,1-2H3,(H,7,8). The summed E-state index contributed by atoms with van der Waals surface area (Å²) in [5, 5.41) is 14.8. The summed E-state index contributed by atoms with van der Waals surface area (Å²) in [7, 11) is -3.67. The highest BCUT2D eigenvalue weighted by Gasteiger charge is 2.30. The Morgan fingerprint density at radius 1 is 1.57 bits per heavy atom. The lowest BCUT2D eigenvalue weighted by atomic mass is 10.6. The van der Waals surface area contributed by atoms with Crippen LogP contribution in [0, 0.1) is 10.1 Å². The summed E-state index contributed by atoms with van der Waals surface area (Å²) in [5.41, 5.74) is -0.515. The maximum absolute atomic E-state index is 11.5. The topological polar surface area (TPSA) is 106 Å². The third-order valence-corrected chi connectivity index (χ3v) is 3.80. The third kappa shape index (κ3) is 1.60. The Balaban J connectivity index is 3.34. The second-order valence-corrected chi connectivity index (χ2v) is 5.38. The highest BCUT2D eigenvalue weighted by molar-refractivity contribution is 7.92.